The Bertz CT molecular complexity index is 1060. The van der Waals surface area contributed by atoms with Crippen LogP contribution in [0.1, 0.15) is 43.0 Å². The van der Waals surface area contributed by atoms with Crippen LogP contribution in [0.3, 0.4) is 0 Å². The summed E-state index contributed by atoms with van der Waals surface area (Å²) in [6.45, 7) is 6.92. The number of rotatable bonds is 7. The maximum Gasteiger partial charge on any atom is 0.336 e. The van der Waals surface area contributed by atoms with Gasteiger partial charge in [0.1, 0.15) is 5.82 Å². The molecule has 2 bridgehead atoms. The third kappa shape index (κ3) is 3.43. The standard InChI is InChI=1S/C21H28N8O/c1-3-4-5-30-21-26-18(22)20-25-11-17(29(20)27-21)7-14-6-13(2)19(24-9-14)28-12-15-8-16(28)10-23-15/h6,9,11,15-16,23H,3-5,7-8,10,12H2,1-2H3,(H2,22,26,27)/t15-,16+/m1/s1. The van der Waals surface area contributed by atoms with E-state index in [2.05, 4.69) is 45.2 Å². The Labute approximate surface area is 175 Å². The number of aryl methyl sites for hydroxylation is 1. The number of nitrogens with zero attached hydrogens (tertiary/aromatic N) is 6. The van der Waals surface area contributed by atoms with Gasteiger partial charge in [-0.3, -0.25) is 0 Å². The summed E-state index contributed by atoms with van der Waals surface area (Å²) in [5.41, 5.74) is 9.87. The van der Waals surface area contributed by atoms with E-state index < -0.39 is 0 Å². The van der Waals surface area contributed by atoms with Crippen molar-refractivity contribution in [3.63, 3.8) is 0 Å². The topological polar surface area (TPSA) is 106 Å². The van der Waals surface area contributed by atoms with Gasteiger partial charge < -0.3 is 20.7 Å². The molecular formula is C21H28N8O. The fourth-order valence-corrected chi connectivity index (χ4v) is 4.47. The number of pyridine rings is 1. The largest absolute Gasteiger partial charge is 0.462 e. The van der Waals surface area contributed by atoms with Crippen molar-refractivity contribution in [1.29, 1.82) is 0 Å². The number of piperazine rings is 1. The zero-order valence-electron chi connectivity index (χ0n) is 17.5. The Balaban J connectivity index is 1.38. The fourth-order valence-electron chi connectivity index (χ4n) is 4.47. The number of ether oxygens (including phenoxy) is 1. The van der Waals surface area contributed by atoms with Gasteiger partial charge in [0, 0.05) is 37.8 Å². The van der Waals surface area contributed by atoms with E-state index in [4.69, 9.17) is 15.5 Å². The summed E-state index contributed by atoms with van der Waals surface area (Å²) in [5, 5.41) is 8.04. The minimum atomic E-state index is 0.287. The van der Waals surface area contributed by atoms with Crippen molar-refractivity contribution in [1.82, 2.24) is 29.9 Å². The molecule has 158 valence electrons. The van der Waals surface area contributed by atoms with Crippen LogP contribution < -0.4 is 20.7 Å². The van der Waals surface area contributed by atoms with E-state index in [0.29, 0.717) is 36.6 Å². The highest BCUT2D eigenvalue weighted by Gasteiger charge is 2.38. The van der Waals surface area contributed by atoms with Crippen molar-refractivity contribution in [2.24, 2.45) is 0 Å². The Hall–Kier alpha value is -2.94. The number of aromatic nitrogens is 5. The molecule has 5 rings (SSSR count). The minimum Gasteiger partial charge on any atom is -0.462 e. The van der Waals surface area contributed by atoms with E-state index in [-0.39, 0.29) is 6.01 Å². The van der Waals surface area contributed by atoms with Gasteiger partial charge in [-0.1, -0.05) is 19.4 Å². The molecule has 3 aromatic rings. The molecule has 2 aliphatic heterocycles. The van der Waals surface area contributed by atoms with E-state index in [9.17, 15) is 0 Å². The van der Waals surface area contributed by atoms with E-state index >= 15 is 0 Å². The average molecular weight is 409 g/mol. The molecular weight excluding hydrogens is 380 g/mol. The molecule has 2 aliphatic rings. The Morgan fingerprint density at radius 1 is 1.30 bits per heavy atom. The van der Waals surface area contributed by atoms with Crippen molar-refractivity contribution in [2.75, 3.05) is 30.3 Å². The number of hydrogen-bond donors (Lipinski definition) is 2. The lowest BCUT2D eigenvalue weighted by molar-refractivity contribution is 0.280. The third-order valence-electron chi connectivity index (χ3n) is 5.99. The Morgan fingerprint density at radius 3 is 2.93 bits per heavy atom. The van der Waals surface area contributed by atoms with Gasteiger partial charge in [-0.05, 0) is 30.9 Å². The zero-order valence-corrected chi connectivity index (χ0v) is 17.5. The lowest BCUT2D eigenvalue weighted by Gasteiger charge is -2.29. The molecule has 30 heavy (non-hydrogen) atoms. The lowest BCUT2D eigenvalue weighted by Crippen LogP contribution is -2.44. The molecule has 3 aromatic heterocycles. The first-order valence-electron chi connectivity index (χ1n) is 10.7. The highest BCUT2D eigenvalue weighted by atomic mass is 16.5. The molecule has 0 amide bonds. The molecule has 0 radical (unpaired) electrons. The molecule has 0 aliphatic carbocycles. The van der Waals surface area contributed by atoms with Crippen LogP contribution in [0.15, 0.2) is 18.5 Å². The number of unbranched alkanes of at least 4 members (excludes halogenated alkanes) is 1. The van der Waals surface area contributed by atoms with Crippen molar-refractivity contribution in [3.05, 3.63) is 35.3 Å². The Morgan fingerprint density at radius 2 is 2.20 bits per heavy atom. The molecule has 0 aromatic carbocycles. The molecule has 2 fully saturated rings. The van der Waals surface area contributed by atoms with Crippen LogP contribution in [0.25, 0.3) is 5.65 Å². The summed E-state index contributed by atoms with van der Waals surface area (Å²) in [4.78, 5) is 15.9. The number of imidazole rings is 1. The number of nitrogens with one attached hydrogen (secondary N) is 1. The average Bonchev–Trinajstić information content (AvgIpc) is 3.45. The second-order valence-electron chi connectivity index (χ2n) is 8.27. The molecule has 0 unspecified atom stereocenters. The maximum atomic E-state index is 6.07. The normalized spacial score (nSPS) is 20.4. The highest BCUT2D eigenvalue weighted by Crippen LogP contribution is 2.30. The van der Waals surface area contributed by atoms with Gasteiger partial charge in [0.2, 0.25) is 0 Å². The summed E-state index contributed by atoms with van der Waals surface area (Å²) in [5.74, 6) is 1.43. The van der Waals surface area contributed by atoms with Gasteiger partial charge in [0.25, 0.3) is 0 Å². The molecule has 9 nitrogen and oxygen atoms in total. The van der Waals surface area contributed by atoms with Crippen LogP contribution in [0.5, 0.6) is 6.01 Å². The quantitative estimate of drug-likeness (QED) is 0.569. The first kappa shape index (κ1) is 19.0. The van der Waals surface area contributed by atoms with Crippen LogP contribution in [0, 0.1) is 6.92 Å². The summed E-state index contributed by atoms with van der Waals surface area (Å²) >= 11 is 0. The van der Waals surface area contributed by atoms with Crippen molar-refractivity contribution >= 4 is 17.3 Å². The van der Waals surface area contributed by atoms with Gasteiger partial charge >= 0.3 is 6.01 Å². The summed E-state index contributed by atoms with van der Waals surface area (Å²) < 4.78 is 7.39. The van der Waals surface area contributed by atoms with Gasteiger partial charge in [-0.25, -0.2) is 14.5 Å². The molecule has 2 atom stereocenters. The fraction of sp³-hybridized carbons (Fsp3) is 0.524. The van der Waals surface area contributed by atoms with Gasteiger partial charge in [-0.2, -0.15) is 4.98 Å². The summed E-state index contributed by atoms with van der Waals surface area (Å²) in [6.07, 6.45) is 7.63. The molecule has 0 spiro atoms. The first-order valence-corrected chi connectivity index (χ1v) is 10.7. The minimum absolute atomic E-state index is 0.287. The summed E-state index contributed by atoms with van der Waals surface area (Å²) in [7, 11) is 0. The summed E-state index contributed by atoms with van der Waals surface area (Å²) in [6, 6.07) is 3.67. The van der Waals surface area contributed by atoms with Crippen LogP contribution in [-0.4, -0.2) is 56.3 Å². The SMILES string of the molecule is CCCCOc1nc(N)c2ncc(Cc3cnc(N4C[C@H]5C[C@H]4CN5)c(C)c3)n2n1. The molecule has 9 heteroatoms. The predicted octanol–water partition coefficient (Wildman–Crippen LogP) is 1.73. The Kier molecular flexibility index (Phi) is 4.90. The van der Waals surface area contributed by atoms with Gasteiger partial charge in [-0.15, -0.1) is 5.10 Å². The van der Waals surface area contributed by atoms with E-state index in [1.165, 1.54) is 12.0 Å². The van der Waals surface area contributed by atoms with Gasteiger partial charge in [0.15, 0.2) is 11.5 Å². The van der Waals surface area contributed by atoms with E-state index in [1.807, 2.05) is 6.20 Å². The molecule has 0 saturated carbocycles. The lowest BCUT2D eigenvalue weighted by atomic mass is 10.1. The molecule has 2 saturated heterocycles. The van der Waals surface area contributed by atoms with Crippen LogP contribution in [-0.2, 0) is 6.42 Å². The van der Waals surface area contributed by atoms with Crippen molar-refractivity contribution in [2.45, 2.75) is 51.6 Å². The second-order valence-corrected chi connectivity index (χ2v) is 8.27. The van der Waals surface area contributed by atoms with Crippen LogP contribution in [0.4, 0.5) is 11.6 Å². The number of nitrogens with two attached hydrogens (primary N) is 1. The number of fused-ring (bicyclic) bond motifs is 3. The number of nitrogen functional groups attached to an aromatic ring is 1. The van der Waals surface area contributed by atoms with Gasteiger partial charge in [0.05, 0.1) is 18.5 Å². The van der Waals surface area contributed by atoms with E-state index in [0.717, 1.165) is 43.0 Å². The first-order chi connectivity index (χ1) is 14.6. The van der Waals surface area contributed by atoms with Crippen molar-refractivity contribution < 1.29 is 4.74 Å². The van der Waals surface area contributed by atoms with E-state index in [1.54, 1.807) is 10.7 Å². The maximum absolute atomic E-state index is 6.07. The second kappa shape index (κ2) is 7.71. The third-order valence-corrected chi connectivity index (χ3v) is 5.99. The molecule has 5 heterocycles. The molecule has 3 N–H and O–H groups in total. The van der Waals surface area contributed by atoms with Crippen molar-refractivity contribution in [3.8, 4) is 6.01 Å². The van der Waals surface area contributed by atoms with Crippen LogP contribution >= 0.6 is 0 Å². The highest BCUT2D eigenvalue weighted by molar-refractivity contribution is 5.60. The smallest absolute Gasteiger partial charge is 0.336 e. The number of hydrogen-bond acceptors (Lipinski definition) is 8. The number of anilines is 2. The monoisotopic (exact) mass is 408 g/mol. The predicted molar refractivity (Wildman–Crippen MR) is 115 cm³/mol. The zero-order chi connectivity index (χ0) is 20.7. The van der Waals surface area contributed by atoms with Crippen LogP contribution in [0.2, 0.25) is 0 Å².